The van der Waals surface area contributed by atoms with Gasteiger partial charge in [0.2, 0.25) is 0 Å². The van der Waals surface area contributed by atoms with Gasteiger partial charge < -0.3 is 10.6 Å². The first-order valence-electron chi connectivity index (χ1n) is 7.79. The molecule has 2 nitrogen and oxygen atoms in total. The van der Waals surface area contributed by atoms with E-state index in [9.17, 15) is 0 Å². The van der Waals surface area contributed by atoms with Crippen molar-refractivity contribution in [2.24, 2.45) is 17.8 Å². The average Bonchev–Trinajstić information content (AvgIpc) is 3.05. The Hall–Kier alpha value is -0.0800. The van der Waals surface area contributed by atoms with Gasteiger partial charge in [-0.25, -0.2) is 0 Å². The van der Waals surface area contributed by atoms with Crippen LogP contribution in [0.1, 0.15) is 51.9 Å². The Morgan fingerprint density at radius 2 is 1.88 bits per heavy atom. The summed E-state index contributed by atoms with van der Waals surface area (Å²) in [6.45, 7) is 4.83. The fourth-order valence-corrected chi connectivity index (χ4v) is 3.86. The maximum Gasteiger partial charge on any atom is 0.0195 e. The molecule has 3 rings (SSSR count). The minimum Gasteiger partial charge on any atom is -0.315 e. The first-order valence-corrected chi connectivity index (χ1v) is 7.79. The molecule has 0 spiro atoms. The normalized spacial score (nSPS) is 45.4. The molecule has 0 bridgehead atoms. The summed E-state index contributed by atoms with van der Waals surface area (Å²) in [4.78, 5) is 0. The number of piperidine rings is 1. The largest absolute Gasteiger partial charge is 0.315 e. The lowest BCUT2D eigenvalue weighted by Crippen LogP contribution is -2.52. The van der Waals surface area contributed by atoms with Crippen LogP contribution in [-0.4, -0.2) is 25.2 Å². The van der Waals surface area contributed by atoms with Crippen LogP contribution in [0.3, 0.4) is 0 Å². The molecular formula is C15H28N2. The van der Waals surface area contributed by atoms with Crippen molar-refractivity contribution in [3.8, 4) is 0 Å². The number of hydrogen-bond donors (Lipinski definition) is 2. The molecule has 5 unspecified atom stereocenters. The summed E-state index contributed by atoms with van der Waals surface area (Å²) < 4.78 is 0. The molecular weight excluding hydrogens is 208 g/mol. The maximum atomic E-state index is 3.90. The van der Waals surface area contributed by atoms with Crippen LogP contribution in [0, 0.1) is 17.8 Å². The van der Waals surface area contributed by atoms with Crippen molar-refractivity contribution in [2.45, 2.75) is 64.0 Å². The highest BCUT2D eigenvalue weighted by molar-refractivity contribution is 4.91. The summed E-state index contributed by atoms with van der Waals surface area (Å²) in [7, 11) is 0. The minimum absolute atomic E-state index is 0.753. The van der Waals surface area contributed by atoms with Crippen LogP contribution < -0.4 is 10.6 Å². The molecule has 3 aliphatic rings. The van der Waals surface area contributed by atoms with Gasteiger partial charge in [-0.3, -0.25) is 0 Å². The monoisotopic (exact) mass is 236 g/mol. The van der Waals surface area contributed by atoms with E-state index in [2.05, 4.69) is 17.6 Å². The first-order chi connectivity index (χ1) is 8.33. The second-order valence-corrected chi connectivity index (χ2v) is 6.72. The van der Waals surface area contributed by atoms with E-state index < -0.39 is 0 Å². The summed E-state index contributed by atoms with van der Waals surface area (Å²) in [5, 5.41) is 7.58. The van der Waals surface area contributed by atoms with Gasteiger partial charge in [-0.2, -0.15) is 0 Å². The highest BCUT2D eigenvalue weighted by atomic mass is 15.0. The Labute approximate surface area is 106 Å². The van der Waals surface area contributed by atoms with E-state index >= 15 is 0 Å². The van der Waals surface area contributed by atoms with E-state index in [0.717, 1.165) is 29.8 Å². The van der Waals surface area contributed by atoms with Crippen molar-refractivity contribution in [3.05, 3.63) is 0 Å². The standard InChI is InChI=1S/C15H28N2/c1-11-8-13(11)9-16-10-14-7-6-12-4-2-3-5-15(12)17-14/h11-17H,2-10H2,1H3. The average molecular weight is 236 g/mol. The lowest BCUT2D eigenvalue weighted by Gasteiger charge is -2.40. The second kappa shape index (κ2) is 5.27. The minimum atomic E-state index is 0.753. The molecule has 1 saturated heterocycles. The number of hydrogen-bond acceptors (Lipinski definition) is 2. The zero-order valence-electron chi connectivity index (χ0n) is 11.3. The fourth-order valence-electron chi connectivity index (χ4n) is 3.86. The molecule has 2 aliphatic carbocycles. The Bertz CT molecular complexity index is 253. The molecule has 98 valence electrons. The summed E-state index contributed by atoms with van der Waals surface area (Å²) >= 11 is 0. The van der Waals surface area contributed by atoms with Crippen molar-refractivity contribution in [2.75, 3.05) is 13.1 Å². The Balaban J connectivity index is 1.36. The second-order valence-electron chi connectivity index (χ2n) is 6.72. The van der Waals surface area contributed by atoms with E-state index in [-0.39, 0.29) is 0 Å². The molecule has 0 aromatic heterocycles. The van der Waals surface area contributed by atoms with Crippen LogP contribution in [0.15, 0.2) is 0 Å². The zero-order valence-corrected chi connectivity index (χ0v) is 11.3. The molecule has 2 heteroatoms. The molecule has 1 heterocycles. The Kier molecular flexibility index (Phi) is 3.72. The van der Waals surface area contributed by atoms with Gasteiger partial charge in [0.25, 0.3) is 0 Å². The van der Waals surface area contributed by atoms with Crippen molar-refractivity contribution >= 4 is 0 Å². The molecule has 0 radical (unpaired) electrons. The summed E-state index contributed by atoms with van der Waals surface area (Å²) in [6.07, 6.45) is 10.2. The van der Waals surface area contributed by atoms with Gasteiger partial charge in [0, 0.05) is 18.6 Å². The van der Waals surface area contributed by atoms with Crippen molar-refractivity contribution < 1.29 is 0 Å². The molecule has 1 aliphatic heterocycles. The van der Waals surface area contributed by atoms with E-state index in [4.69, 9.17) is 0 Å². The van der Waals surface area contributed by atoms with Crippen LogP contribution in [0.5, 0.6) is 0 Å². The molecule has 2 saturated carbocycles. The highest BCUT2D eigenvalue weighted by Crippen LogP contribution is 2.37. The predicted octanol–water partition coefficient (Wildman–Crippen LogP) is 2.54. The smallest absolute Gasteiger partial charge is 0.0195 e. The van der Waals surface area contributed by atoms with Crippen molar-refractivity contribution in [1.82, 2.24) is 10.6 Å². The number of fused-ring (bicyclic) bond motifs is 1. The highest BCUT2D eigenvalue weighted by Gasteiger charge is 2.33. The molecule has 17 heavy (non-hydrogen) atoms. The van der Waals surface area contributed by atoms with Crippen LogP contribution >= 0.6 is 0 Å². The SMILES string of the molecule is CC1CC1CNCC1CCC2CCCCC2N1. The lowest BCUT2D eigenvalue weighted by atomic mass is 9.78. The molecule has 2 N–H and O–H groups in total. The van der Waals surface area contributed by atoms with Crippen LogP contribution in [0.4, 0.5) is 0 Å². The third-order valence-corrected chi connectivity index (χ3v) is 5.32. The van der Waals surface area contributed by atoms with Gasteiger partial charge in [0.1, 0.15) is 0 Å². The zero-order chi connectivity index (χ0) is 11.7. The third-order valence-electron chi connectivity index (χ3n) is 5.32. The lowest BCUT2D eigenvalue weighted by molar-refractivity contribution is 0.174. The molecule has 3 fully saturated rings. The van der Waals surface area contributed by atoms with E-state index in [0.29, 0.717) is 0 Å². The summed E-state index contributed by atoms with van der Waals surface area (Å²) in [5.74, 6) is 2.98. The topological polar surface area (TPSA) is 24.1 Å². The van der Waals surface area contributed by atoms with Crippen molar-refractivity contribution in [1.29, 1.82) is 0 Å². The van der Waals surface area contributed by atoms with Gasteiger partial charge in [-0.05, 0) is 56.4 Å². The van der Waals surface area contributed by atoms with Crippen LogP contribution in [0.2, 0.25) is 0 Å². The first kappa shape index (κ1) is 12.0. The molecule has 0 aromatic carbocycles. The van der Waals surface area contributed by atoms with Gasteiger partial charge in [-0.1, -0.05) is 19.8 Å². The summed E-state index contributed by atoms with van der Waals surface area (Å²) in [6, 6.07) is 1.60. The quantitative estimate of drug-likeness (QED) is 0.784. The van der Waals surface area contributed by atoms with Crippen LogP contribution in [0.25, 0.3) is 0 Å². The summed E-state index contributed by atoms with van der Waals surface area (Å²) in [5.41, 5.74) is 0. The van der Waals surface area contributed by atoms with Crippen LogP contribution in [-0.2, 0) is 0 Å². The maximum absolute atomic E-state index is 3.90. The van der Waals surface area contributed by atoms with Gasteiger partial charge >= 0.3 is 0 Å². The van der Waals surface area contributed by atoms with E-state index in [1.54, 1.807) is 0 Å². The third kappa shape index (κ3) is 3.03. The predicted molar refractivity (Wildman–Crippen MR) is 72.0 cm³/mol. The molecule has 0 aromatic rings. The van der Waals surface area contributed by atoms with Gasteiger partial charge in [0.15, 0.2) is 0 Å². The Morgan fingerprint density at radius 3 is 2.71 bits per heavy atom. The molecule has 5 atom stereocenters. The van der Waals surface area contributed by atoms with Gasteiger partial charge in [0.05, 0.1) is 0 Å². The fraction of sp³-hybridized carbons (Fsp3) is 1.00. The number of rotatable bonds is 4. The molecule has 0 amide bonds. The van der Waals surface area contributed by atoms with E-state index in [1.165, 1.54) is 58.0 Å². The Morgan fingerprint density at radius 1 is 1.06 bits per heavy atom. The number of nitrogens with one attached hydrogen (secondary N) is 2. The van der Waals surface area contributed by atoms with E-state index in [1.807, 2.05) is 0 Å². The van der Waals surface area contributed by atoms with Gasteiger partial charge in [-0.15, -0.1) is 0 Å². The van der Waals surface area contributed by atoms with Crippen molar-refractivity contribution in [3.63, 3.8) is 0 Å².